The number of anilines is 2. The molecule has 4 nitrogen and oxygen atoms in total. The number of para-hydroxylation sites is 2. The summed E-state index contributed by atoms with van der Waals surface area (Å²) in [5.74, 6) is 0.596. The number of thioether (sulfide) groups is 2. The predicted molar refractivity (Wildman–Crippen MR) is 113 cm³/mol. The average molecular weight is 399 g/mol. The highest BCUT2D eigenvalue weighted by Crippen LogP contribution is 2.38. The van der Waals surface area contributed by atoms with Gasteiger partial charge in [-0.2, -0.15) is 0 Å². The summed E-state index contributed by atoms with van der Waals surface area (Å²) in [4.78, 5) is 31.4. The standard InChI is InChI=1S/C21H22N2O2S2/c1-15-10-12-22(17-7-3-5-9-19(17)27-15)20(24)11-13-23-16-6-2-4-8-18(16)26-14-21(23)25/h2-9,15H,10-14H2,1H3. The Bertz CT molecular complexity index is 871. The van der Waals surface area contributed by atoms with Crippen molar-refractivity contribution in [2.45, 2.75) is 34.8 Å². The fourth-order valence-corrected chi connectivity index (χ4v) is 5.54. The van der Waals surface area contributed by atoms with E-state index in [4.69, 9.17) is 0 Å². The van der Waals surface area contributed by atoms with Crippen molar-refractivity contribution in [3.05, 3.63) is 48.5 Å². The van der Waals surface area contributed by atoms with E-state index in [0.29, 0.717) is 24.0 Å². The van der Waals surface area contributed by atoms with Gasteiger partial charge in [0.2, 0.25) is 11.8 Å². The monoisotopic (exact) mass is 398 g/mol. The summed E-state index contributed by atoms with van der Waals surface area (Å²) in [6, 6.07) is 16.0. The van der Waals surface area contributed by atoms with E-state index in [2.05, 4.69) is 13.0 Å². The summed E-state index contributed by atoms with van der Waals surface area (Å²) >= 11 is 3.40. The Morgan fingerprint density at radius 3 is 2.59 bits per heavy atom. The van der Waals surface area contributed by atoms with Crippen LogP contribution in [-0.2, 0) is 9.59 Å². The Morgan fingerprint density at radius 1 is 1.07 bits per heavy atom. The molecule has 2 aromatic carbocycles. The number of nitrogens with zero attached hydrogens (tertiary/aromatic N) is 2. The zero-order valence-electron chi connectivity index (χ0n) is 15.3. The van der Waals surface area contributed by atoms with Crippen LogP contribution in [-0.4, -0.2) is 35.9 Å². The van der Waals surface area contributed by atoms with Crippen molar-refractivity contribution in [2.24, 2.45) is 0 Å². The third-order valence-electron chi connectivity index (χ3n) is 4.90. The Labute approximate surface area is 168 Å². The smallest absolute Gasteiger partial charge is 0.237 e. The molecule has 6 heteroatoms. The summed E-state index contributed by atoms with van der Waals surface area (Å²) in [5.41, 5.74) is 1.92. The van der Waals surface area contributed by atoms with Crippen molar-refractivity contribution in [3.63, 3.8) is 0 Å². The molecule has 0 saturated heterocycles. The maximum absolute atomic E-state index is 13.1. The molecule has 2 heterocycles. The molecule has 0 aromatic heterocycles. The van der Waals surface area contributed by atoms with E-state index in [-0.39, 0.29) is 11.8 Å². The molecule has 1 unspecified atom stereocenters. The van der Waals surface area contributed by atoms with Crippen LogP contribution in [0.25, 0.3) is 0 Å². The van der Waals surface area contributed by atoms with Crippen LogP contribution in [0.5, 0.6) is 0 Å². The van der Waals surface area contributed by atoms with Gasteiger partial charge in [0.25, 0.3) is 0 Å². The minimum absolute atomic E-state index is 0.0759. The first kappa shape index (κ1) is 18.4. The topological polar surface area (TPSA) is 40.6 Å². The van der Waals surface area contributed by atoms with E-state index in [0.717, 1.165) is 34.1 Å². The van der Waals surface area contributed by atoms with Crippen molar-refractivity contribution in [1.29, 1.82) is 0 Å². The first-order valence-electron chi connectivity index (χ1n) is 9.22. The maximum atomic E-state index is 13.1. The van der Waals surface area contributed by atoms with Crippen LogP contribution in [0.15, 0.2) is 58.3 Å². The highest BCUT2D eigenvalue weighted by atomic mass is 32.2. The molecule has 0 N–H and O–H groups in total. The molecule has 4 rings (SSSR count). The minimum atomic E-state index is 0.0759. The van der Waals surface area contributed by atoms with Crippen molar-refractivity contribution in [3.8, 4) is 0 Å². The van der Waals surface area contributed by atoms with Crippen LogP contribution in [0.1, 0.15) is 19.8 Å². The van der Waals surface area contributed by atoms with Gasteiger partial charge in [0, 0.05) is 34.6 Å². The molecule has 0 aliphatic carbocycles. The van der Waals surface area contributed by atoms with Gasteiger partial charge in [0.1, 0.15) is 0 Å². The average Bonchev–Trinajstić information content (AvgIpc) is 2.85. The lowest BCUT2D eigenvalue weighted by Crippen LogP contribution is -2.40. The molecule has 140 valence electrons. The van der Waals surface area contributed by atoms with E-state index in [1.807, 2.05) is 59.1 Å². The van der Waals surface area contributed by atoms with Crippen molar-refractivity contribution < 1.29 is 9.59 Å². The van der Waals surface area contributed by atoms with E-state index in [1.165, 1.54) is 0 Å². The summed E-state index contributed by atoms with van der Waals surface area (Å²) in [5, 5.41) is 0.483. The summed E-state index contributed by atoms with van der Waals surface area (Å²) < 4.78 is 0. The highest BCUT2D eigenvalue weighted by molar-refractivity contribution is 8.00. The summed E-state index contributed by atoms with van der Waals surface area (Å²) in [7, 11) is 0. The van der Waals surface area contributed by atoms with Crippen molar-refractivity contribution in [1.82, 2.24) is 0 Å². The highest BCUT2D eigenvalue weighted by Gasteiger charge is 2.27. The van der Waals surface area contributed by atoms with Gasteiger partial charge in [-0.25, -0.2) is 0 Å². The Balaban J connectivity index is 1.51. The van der Waals surface area contributed by atoms with Gasteiger partial charge >= 0.3 is 0 Å². The van der Waals surface area contributed by atoms with Gasteiger partial charge in [-0.1, -0.05) is 31.2 Å². The normalized spacial score (nSPS) is 19.3. The second kappa shape index (κ2) is 7.98. The minimum Gasteiger partial charge on any atom is -0.311 e. The van der Waals surface area contributed by atoms with Gasteiger partial charge in [0.15, 0.2) is 0 Å². The quantitative estimate of drug-likeness (QED) is 0.767. The lowest BCUT2D eigenvalue weighted by atomic mass is 10.2. The summed E-state index contributed by atoms with van der Waals surface area (Å²) in [6.07, 6.45) is 1.30. The van der Waals surface area contributed by atoms with Crippen LogP contribution in [0, 0.1) is 0 Å². The first-order valence-corrected chi connectivity index (χ1v) is 11.1. The van der Waals surface area contributed by atoms with Crippen LogP contribution >= 0.6 is 23.5 Å². The molecule has 2 amide bonds. The third kappa shape index (κ3) is 3.87. The number of carbonyl (C=O) groups is 2. The number of hydrogen-bond acceptors (Lipinski definition) is 4. The number of benzene rings is 2. The Kier molecular flexibility index (Phi) is 5.45. The van der Waals surface area contributed by atoms with E-state index < -0.39 is 0 Å². The largest absolute Gasteiger partial charge is 0.311 e. The number of hydrogen-bond donors (Lipinski definition) is 0. The number of fused-ring (bicyclic) bond motifs is 2. The second-order valence-electron chi connectivity index (χ2n) is 6.78. The lowest BCUT2D eigenvalue weighted by Gasteiger charge is -2.30. The number of rotatable bonds is 3. The second-order valence-corrected chi connectivity index (χ2v) is 9.28. The van der Waals surface area contributed by atoms with Crippen molar-refractivity contribution in [2.75, 3.05) is 28.6 Å². The molecule has 2 aromatic rings. The Morgan fingerprint density at radius 2 is 1.78 bits per heavy atom. The zero-order valence-corrected chi connectivity index (χ0v) is 16.9. The molecule has 2 aliphatic heterocycles. The lowest BCUT2D eigenvalue weighted by molar-refractivity contribution is -0.118. The van der Waals surface area contributed by atoms with Gasteiger partial charge in [-0.3, -0.25) is 9.59 Å². The SMILES string of the molecule is CC1CCN(C(=O)CCN2C(=O)CSc3ccccc32)c2ccccc2S1. The number of amides is 2. The molecule has 0 fully saturated rings. The molecular weight excluding hydrogens is 376 g/mol. The molecule has 0 spiro atoms. The molecule has 0 saturated carbocycles. The van der Waals surface area contributed by atoms with E-state index >= 15 is 0 Å². The van der Waals surface area contributed by atoms with Crippen LogP contribution in [0.2, 0.25) is 0 Å². The van der Waals surface area contributed by atoms with Gasteiger partial charge in [-0.15, -0.1) is 23.5 Å². The molecule has 0 radical (unpaired) electrons. The number of carbonyl (C=O) groups excluding carboxylic acids is 2. The predicted octanol–water partition coefficient (Wildman–Crippen LogP) is 4.43. The van der Waals surface area contributed by atoms with Crippen LogP contribution < -0.4 is 9.80 Å². The Hall–Kier alpha value is -1.92. The van der Waals surface area contributed by atoms with E-state index in [1.54, 1.807) is 16.7 Å². The van der Waals surface area contributed by atoms with Crippen molar-refractivity contribution >= 4 is 46.7 Å². The van der Waals surface area contributed by atoms with Crippen LogP contribution in [0.3, 0.4) is 0 Å². The van der Waals surface area contributed by atoms with Crippen LogP contribution in [0.4, 0.5) is 11.4 Å². The third-order valence-corrected chi connectivity index (χ3v) is 7.19. The van der Waals surface area contributed by atoms with Gasteiger partial charge in [-0.05, 0) is 30.7 Å². The fraction of sp³-hybridized carbons (Fsp3) is 0.333. The molecule has 1 atom stereocenters. The zero-order chi connectivity index (χ0) is 18.8. The fourth-order valence-electron chi connectivity index (χ4n) is 3.49. The maximum Gasteiger partial charge on any atom is 0.237 e. The molecule has 2 aliphatic rings. The van der Waals surface area contributed by atoms with Gasteiger partial charge in [0.05, 0.1) is 17.1 Å². The molecule has 27 heavy (non-hydrogen) atoms. The first-order chi connectivity index (χ1) is 13.1. The molecular formula is C21H22N2O2S2. The van der Waals surface area contributed by atoms with E-state index in [9.17, 15) is 9.59 Å². The van der Waals surface area contributed by atoms with Gasteiger partial charge < -0.3 is 9.80 Å². The molecule has 0 bridgehead atoms. The summed E-state index contributed by atoms with van der Waals surface area (Å²) in [6.45, 7) is 3.36.